The summed E-state index contributed by atoms with van der Waals surface area (Å²) in [7, 11) is 0. The van der Waals surface area contributed by atoms with Gasteiger partial charge in [0.2, 0.25) is 5.91 Å². The number of rotatable bonds is 7. The molecule has 1 aliphatic carbocycles. The van der Waals surface area contributed by atoms with Crippen LogP contribution in [0.25, 0.3) is 0 Å². The summed E-state index contributed by atoms with van der Waals surface area (Å²) in [5.74, 6) is 0.0189. The fraction of sp³-hybridized carbons (Fsp3) is 0.533. The van der Waals surface area contributed by atoms with E-state index in [1.165, 1.54) is 25.7 Å². The van der Waals surface area contributed by atoms with E-state index < -0.39 is 0 Å². The first-order chi connectivity index (χ1) is 9.13. The highest BCUT2D eigenvalue weighted by Crippen LogP contribution is 2.48. The molecule has 0 aromatic heterocycles. The number of amides is 1. The van der Waals surface area contributed by atoms with E-state index in [-0.39, 0.29) is 5.91 Å². The van der Waals surface area contributed by atoms with E-state index >= 15 is 0 Å². The maximum Gasteiger partial charge on any atom is 0.238 e. The topological polar surface area (TPSA) is 41.1 Å². The molecule has 1 amide bonds. The summed E-state index contributed by atoms with van der Waals surface area (Å²) in [6.45, 7) is 3.57. The molecule has 1 aliphatic rings. The summed E-state index contributed by atoms with van der Waals surface area (Å²) >= 11 is 3.39. The van der Waals surface area contributed by atoms with Gasteiger partial charge in [0.05, 0.1) is 6.54 Å². The Morgan fingerprint density at radius 2 is 2.21 bits per heavy atom. The number of carbonyl (C=O) groups is 1. The lowest BCUT2D eigenvalue weighted by Gasteiger charge is -2.14. The molecule has 0 aliphatic heterocycles. The third-order valence-electron chi connectivity index (χ3n) is 3.63. The van der Waals surface area contributed by atoms with Crippen LogP contribution in [-0.2, 0) is 4.79 Å². The molecule has 0 radical (unpaired) electrons. The molecule has 0 saturated heterocycles. The van der Waals surface area contributed by atoms with Crippen LogP contribution < -0.4 is 10.6 Å². The number of benzene rings is 1. The zero-order chi connectivity index (χ0) is 13.7. The first-order valence-electron chi connectivity index (χ1n) is 6.90. The molecule has 1 saturated carbocycles. The van der Waals surface area contributed by atoms with Gasteiger partial charge in [0.15, 0.2) is 0 Å². The van der Waals surface area contributed by atoms with Crippen molar-refractivity contribution >= 4 is 27.5 Å². The van der Waals surface area contributed by atoms with Crippen LogP contribution >= 0.6 is 15.9 Å². The van der Waals surface area contributed by atoms with Crippen LogP contribution in [0.5, 0.6) is 0 Å². The van der Waals surface area contributed by atoms with Gasteiger partial charge in [0.25, 0.3) is 0 Å². The first-order valence-corrected chi connectivity index (χ1v) is 7.69. The summed E-state index contributed by atoms with van der Waals surface area (Å²) in [6, 6.07) is 7.64. The summed E-state index contributed by atoms with van der Waals surface area (Å²) in [5, 5.41) is 6.17. The van der Waals surface area contributed by atoms with Gasteiger partial charge in [-0.05, 0) is 42.9 Å². The maximum atomic E-state index is 11.8. The van der Waals surface area contributed by atoms with Gasteiger partial charge >= 0.3 is 0 Å². The van der Waals surface area contributed by atoms with Gasteiger partial charge in [-0.15, -0.1) is 0 Å². The van der Waals surface area contributed by atoms with E-state index in [1.54, 1.807) is 0 Å². The van der Waals surface area contributed by atoms with E-state index in [0.717, 1.165) is 16.7 Å². The molecule has 4 heteroatoms. The van der Waals surface area contributed by atoms with E-state index in [2.05, 4.69) is 33.5 Å². The van der Waals surface area contributed by atoms with Gasteiger partial charge in [0, 0.05) is 16.7 Å². The Kier molecular flexibility index (Phi) is 4.99. The summed E-state index contributed by atoms with van der Waals surface area (Å²) in [4.78, 5) is 11.8. The minimum atomic E-state index is 0.0189. The minimum Gasteiger partial charge on any atom is -0.325 e. The Balaban J connectivity index is 1.70. The lowest BCUT2D eigenvalue weighted by molar-refractivity contribution is -0.115. The van der Waals surface area contributed by atoms with Crippen molar-refractivity contribution in [3.8, 4) is 0 Å². The molecule has 19 heavy (non-hydrogen) atoms. The highest BCUT2D eigenvalue weighted by molar-refractivity contribution is 9.10. The van der Waals surface area contributed by atoms with Crippen molar-refractivity contribution in [2.75, 3.05) is 18.4 Å². The van der Waals surface area contributed by atoms with Crippen LogP contribution in [0.15, 0.2) is 28.7 Å². The van der Waals surface area contributed by atoms with Crippen molar-refractivity contribution in [1.29, 1.82) is 0 Å². The van der Waals surface area contributed by atoms with Gasteiger partial charge in [-0.25, -0.2) is 0 Å². The van der Waals surface area contributed by atoms with Crippen LogP contribution in [0.1, 0.15) is 32.6 Å². The molecule has 2 N–H and O–H groups in total. The molecule has 0 atom stereocenters. The lowest BCUT2D eigenvalue weighted by atomic mass is 10.0. The molecular weight excluding hydrogens is 304 g/mol. The van der Waals surface area contributed by atoms with Crippen LogP contribution in [0, 0.1) is 5.41 Å². The molecule has 1 fully saturated rings. The number of hydrogen-bond donors (Lipinski definition) is 2. The fourth-order valence-electron chi connectivity index (χ4n) is 2.43. The molecule has 0 bridgehead atoms. The molecule has 3 nitrogen and oxygen atoms in total. The lowest BCUT2D eigenvalue weighted by Crippen LogP contribution is -2.32. The highest BCUT2D eigenvalue weighted by Gasteiger charge is 2.40. The number of halogens is 1. The Labute approximate surface area is 123 Å². The van der Waals surface area contributed by atoms with E-state index in [4.69, 9.17) is 0 Å². The molecule has 1 aromatic carbocycles. The van der Waals surface area contributed by atoms with E-state index in [9.17, 15) is 4.79 Å². The maximum absolute atomic E-state index is 11.8. The first kappa shape index (κ1) is 14.5. The quantitative estimate of drug-likeness (QED) is 0.805. The zero-order valence-electron chi connectivity index (χ0n) is 11.3. The van der Waals surface area contributed by atoms with Gasteiger partial charge in [0.1, 0.15) is 0 Å². The second-order valence-electron chi connectivity index (χ2n) is 5.41. The van der Waals surface area contributed by atoms with Crippen LogP contribution in [0.4, 0.5) is 5.69 Å². The van der Waals surface area contributed by atoms with Gasteiger partial charge in [-0.2, -0.15) is 0 Å². The SMILES string of the molecule is CCCC1(CNCC(=O)Nc2cccc(Br)c2)CC1. The van der Waals surface area contributed by atoms with Crippen molar-refractivity contribution < 1.29 is 4.79 Å². The number of nitrogens with one attached hydrogen (secondary N) is 2. The Morgan fingerprint density at radius 3 is 2.84 bits per heavy atom. The normalized spacial score (nSPS) is 16.1. The Morgan fingerprint density at radius 1 is 1.42 bits per heavy atom. The van der Waals surface area contributed by atoms with Crippen molar-refractivity contribution in [2.24, 2.45) is 5.41 Å². The summed E-state index contributed by atoms with van der Waals surface area (Å²) in [6.07, 6.45) is 5.11. The number of hydrogen-bond acceptors (Lipinski definition) is 2. The van der Waals surface area contributed by atoms with E-state index in [0.29, 0.717) is 12.0 Å². The fourth-order valence-corrected chi connectivity index (χ4v) is 2.83. The highest BCUT2D eigenvalue weighted by atomic mass is 79.9. The van der Waals surface area contributed by atoms with Crippen molar-refractivity contribution in [2.45, 2.75) is 32.6 Å². The smallest absolute Gasteiger partial charge is 0.238 e. The predicted molar refractivity (Wildman–Crippen MR) is 82.2 cm³/mol. The predicted octanol–water partition coefficient (Wildman–Crippen LogP) is 3.56. The third-order valence-corrected chi connectivity index (χ3v) is 4.12. The molecule has 0 spiro atoms. The summed E-state index contributed by atoms with van der Waals surface area (Å²) in [5.41, 5.74) is 1.32. The molecule has 0 unspecified atom stereocenters. The van der Waals surface area contributed by atoms with Crippen LogP contribution in [0.2, 0.25) is 0 Å². The van der Waals surface area contributed by atoms with Crippen LogP contribution in [0.3, 0.4) is 0 Å². The number of carbonyl (C=O) groups excluding carboxylic acids is 1. The van der Waals surface area contributed by atoms with Gasteiger partial charge < -0.3 is 10.6 Å². The summed E-state index contributed by atoms with van der Waals surface area (Å²) < 4.78 is 0.970. The second kappa shape index (κ2) is 6.53. The molecule has 0 heterocycles. The average Bonchev–Trinajstić information content (AvgIpc) is 3.09. The largest absolute Gasteiger partial charge is 0.325 e. The number of anilines is 1. The van der Waals surface area contributed by atoms with E-state index in [1.807, 2.05) is 24.3 Å². The van der Waals surface area contributed by atoms with Crippen molar-refractivity contribution in [3.63, 3.8) is 0 Å². The Bertz CT molecular complexity index is 444. The minimum absolute atomic E-state index is 0.0189. The van der Waals surface area contributed by atoms with Crippen molar-refractivity contribution in [1.82, 2.24) is 5.32 Å². The molecule has 2 rings (SSSR count). The van der Waals surface area contributed by atoms with Gasteiger partial charge in [-0.3, -0.25) is 4.79 Å². The molecule has 1 aromatic rings. The second-order valence-corrected chi connectivity index (χ2v) is 6.33. The third kappa shape index (κ3) is 4.62. The monoisotopic (exact) mass is 324 g/mol. The molecular formula is C15H21BrN2O. The van der Waals surface area contributed by atoms with Gasteiger partial charge in [-0.1, -0.05) is 35.3 Å². The molecule has 104 valence electrons. The average molecular weight is 325 g/mol. The standard InChI is InChI=1S/C15H21BrN2O/c1-2-6-15(7-8-15)11-17-10-14(19)18-13-5-3-4-12(16)9-13/h3-5,9,17H,2,6-8,10-11H2,1H3,(H,18,19). The Hall–Kier alpha value is -0.870. The van der Waals surface area contributed by atoms with Crippen LogP contribution in [-0.4, -0.2) is 19.0 Å². The van der Waals surface area contributed by atoms with Crippen molar-refractivity contribution in [3.05, 3.63) is 28.7 Å². The zero-order valence-corrected chi connectivity index (χ0v) is 12.9.